The van der Waals surface area contributed by atoms with Gasteiger partial charge in [-0.25, -0.2) is 0 Å². The van der Waals surface area contributed by atoms with Gasteiger partial charge in [-0.1, -0.05) is 22.9 Å². The van der Waals surface area contributed by atoms with Crippen LogP contribution in [0.4, 0.5) is 0 Å². The van der Waals surface area contributed by atoms with Crippen LogP contribution in [-0.2, 0) is 0 Å². The molecule has 1 nitrogen and oxygen atoms in total. The van der Waals surface area contributed by atoms with Gasteiger partial charge in [-0.15, -0.1) is 0 Å². The lowest BCUT2D eigenvalue weighted by Gasteiger charge is -2.14. The van der Waals surface area contributed by atoms with Crippen LogP contribution in [0.25, 0.3) is 0 Å². The fraction of sp³-hybridized carbons (Fsp3) is 0.455. The Bertz CT molecular complexity index is 301. The minimum atomic E-state index is 0.486. The number of hydrogen-bond donors (Lipinski definition) is 1. The number of halogens is 1. The molecule has 0 aliphatic heterocycles. The van der Waals surface area contributed by atoms with Crippen molar-refractivity contribution in [3.05, 3.63) is 28.2 Å². The normalized spacial score (nSPS) is 12.6. The minimum Gasteiger partial charge on any atom is -0.496 e. The molecular formula is C11H15BrOS. The molecule has 1 rings (SSSR count). The highest BCUT2D eigenvalue weighted by atomic mass is 79.9. The monoisotopic (exact) mass is 274 g/mol. The number of rotatable bonds is 4. The molecule has 0 saturated carbocycles. The van der Waals surface area contributed by atoms with Crippen molar-refractivity contribution in [3.63, 3.8) is 0 Å². The molecule has 0 bridgehead atoms. The van der Waals surface area contributed by atoms with Crippen LogP contribution in [0.3, 0.4) is 0 Å². The molecule has 78 valence electrons. The van der Waals surface area contributed by atoms with Crippen LogP contribution < -0.4 is 4.74 Å². The van der Waals surface area contributed by atoms with Gasteiger partial charge in [0, 0.05) is 4.47 Å². The maximum atomic E-state index is 5.32. The van der Waals surface area contributed by atoms with E-state index in [-0.39, 0.29) is 0 Å². The van der Waals surface area contributed by atoms with E-state index in [1.807, 2.05) is 12.1 Å². The third kappa shape index (κ3) is 2.92. The van der Waals surface area contributed by atoms with Crippen LogP contribution in [0.2, 0.25) is 0 Å². The van der Waals surface area contributed by atoms with Crippen LogP contribution in [0.1, 0.15) is 24.8 Å². The third-order valence-corrected chi connectivity index (χ3v) is 3.04. The first-order chi connectivity index (χ1) is 6.69. The second kappa shape index (κ2) is 5.66. The fourth-order valence-electron chi connectivity index (χ4n) is 1.44. The summed E-state index contributed by atoms with van der Waals surface area (Å²) in [5.41, 5.74) is 1.25. The van der Waals surface area contributed by atoms with Gasteiger partial charge in [-0.05, 0) is 41.9 Å². The molecule has 0 amide bonds. The van der Waals surface area contributed by atoms with Crippen LogP contribution in [0, 0.1) is 0 Å². The lowest BCUT2D eigenvalue weighted by molar-refractivity contribution is 0.406. The van der Waals surface area contributed by atoms with E-state index < -0.39 is 0 Å². The lowest BCUT2D eigenvalue weighted by Crippen LogP contribution is -1.98. The first kappa shape index (κ1) is 11.9. The summed E-state index contributed by atoms with van der Waals surface area (Å²) >= 11 is 7.72. The first-order valence-corrected chi connectivity index (χ1v) is 6.06. The van der Waals surface area contributed by atoms with Gasteiger partial charge < -0.3 is 4.74 Å². The lowest BCUT2D eigenvalue weighted by atomic mass is 9.98. The van der Waals surface area contributed by atoms with Crippen LogP contribution in [0.5, 0.6) is 5.75 Å². The Morgan fingerprint density at radius 3 is 2.79 bits per heavy atom. The second-order valence-corrected chi connectivity index (χ2v) is 4.66. The van der Waals surface area contributed by atoms with Crippen molar-refractivity contribution in [2.45, 2.75) is 19.3 Å². The topological polar surface area (TPSA) is 9.23 Å². The second-order valence-electron chi connectivity index (χ2n) is 3.30. The van der Waals surface area contributed by atoms with Crippen molar-refractivity contribution in [3.8, 4) is 5.75 Å². The molecular weight excluding hydrogens is 260 g/mol. The van der Waals surface area contributed by atoms with Crippen molar-refractivity contribution in [1.29, 1.82) is 0 Å². The van der Waals surface area contributed by atoms with Crippen molar-refractivity contribution in [2.24, 2.45) is 0 Å². The number of ether oxygens (including phenoxy) is 1. The number of methoxy groups -OCH3 is 1. The maximum absolute atomic E-state index is 5.32. The Balaban J connectivity index is 2.97. The zero-order chi connectivity index (χ0) is 10.6. The van der Waals surface area contributed by atoms with Gasteiger partial charge in [-0.2, -0.15) is 12.6 Å². The number of thiol groups is 1. The summed E-state index contributed by atoms with van der Waals surface area (Å²) in [6, 6.07) is 6.11. The number of benzene rings is 1. The average molecular weight is 275 g/mol. The Morgan fingerprint density at radius 2 is 2.21 bits per heavy atom. The summed E-state index contributed by atoms with van der Waals surface area (Å²) in [6.07, 6.45) is 1.07. The van der Waals surface area contributed by atoms with E-state index in [2.05, 4.69) is 41.5 Å². The van der Waals surface area contributed by atoms with E-state index in [1.54, 1.807) is 7.11 Å². The molecule has 1 aromatic carbocycles. The Kier molecular flexibility index (Phi) is 4.82. The summed E-state index contributed by atoms with van der Waals surface area (Å²) in [6.45, 7) is 2.19. The molecule has 3 heteroatoms. The zero-order valence-electron chi connectivity index (χ0n) is 8.46. The molecule has 14 heavy (non-hydrogen) atoms. The highest BCUT2D eigenvalue weighted by Gasteiger charge is 2.10. The molecule has 1 atom stereocenters. The fourth-order valence-corrected chi connectivity index (χ4v) is 2.21. The van der Waals surface area contributed by atoms with Gasteiger partial charge in [-0.3, -0.25) is 0 Å². The molecule has 0 heterocycles. The van der Waals surface area contributed by atoms with E-state index in [4.69, 9.17) is 4.74 Å². The van der Waals surface area contributed by atoms with E-state index in [9.17, 15) is 0 Å². The van der Waals surface area contributed by atoms with Crippen LogP contribution >= 0.6 is 28.6 Å². The Hall–Kier alpha value is -0.150. The standard InChI is InChI=1S/C11H15BrOS/c1-8(5-6-14)10-7-9(12)3-4-11(10)13-2/h3-4,7-8,14H,5-6H2,1-2H3. The van der Waals surface area contributed by atoms with Crippen molar-refractivity contribution in [2.75, 3.05) is 12.9 Å². The van der Waals surface area contributed by atoms with Gasteiger partial charge >= 0.3 is 0 Å². The average Bonchev–Trinajstić information content (AvgIpc) is 2.18. The molecule has 0 radical (unpaired) electrons. The van der Waals surface area contributed by atoms with Gasteiger partial charge in [0.05, 0.1) is 7.11 Å². The molecule has 1 aromatic rings. The van der Waals surface area contributed by atoms with Crippen molar-refractivity contribution >= 4 is 28.6 Å². The zero-order valence-corrected chi connectivity index (χ0v) is 10.9. The summed E-state index contributed by atoms with van der Waals surface area (Å²) in [4.78, 5) is 0. The number of hydrogen-bond acceptors (Lipinski definition) is 2. The van der Waals surface area contributed by atoms with E-state index in [0.717, 1.165) is 22.4 Å². The quantitative estimate of drug-likeness (QED) is 0.820. The van der Waals surface area contributed by atoms with Crippen LogP contribution in [-0.4, -0.2) is 12.9 Å². The summed E-state index contributed by atoms with van der Waals surface area (Å²) in [5, 5.41) is 0. The largest absolute Gasteiger partial charge is 0.496 e. The molecule has 0 N–H and O–H groups in total. The van der Waals surface area contributed by atoms with Crippen molar-refractivity contribution < 1.29 is 4.74 Å². The molecule has 0 aliphatic carbocycles. The van der Waals surface area contributed by atoms with Gasteiger partial charge in [0.25, 0.3) is 0 Å². The van der Waals surface area contributed by atoms with Gasteiger partial charge in [0.15, 0.2) is 0 Å². The predicted octanol–water partition coefficient (Wildman–Crippen LogP) is 3.88. The Labute approximate surface area is 99.4 Å². The summed E-state index contributed by atoms with van der Waals surface area (Å²) in [5.74, 6) is 2.35. The maximum Gasteiger partial charge on any atom is 0.122 e. The van der Waals surface area contributed by atoms with E-state index >= 15 is 0 Å². The van der Waals surface area contributed by atoms with E-state index in [0.29, 0.717) is 5.92 Å². The highest BCUT2D eigenvalue weighted by Crippen LogP contribution is 2.31. The molecule has 0 aliphatic rings. The summed E-state index contributed by atoms with van der Waals surface area (Å²) < 4.78 is 6.42. The van der Waals surface area contributed by atoms with Gasteiger partial charge in [0.1, 0.15) is 5.75 Å². The first-order valence-electron chi connectivity index (χ1n) is 4.63. The minimum absolute atomic E-state index is 0.486. The smallest absolute Gasteiger partial charge is 0.122 e. The predicted molar refractivity (Wildman–Crippen MR) is 67.6 cm³/mol. The third-order valence-electron chi connectivity index (χ3n) is 2.28. The molecule has 0 saturated heterocycles. The van der Waals surface area contributed by atoms with E-state index in [1.165, 1.54) is 5.56 Å². The molecule has 1 unspecified atom stereocenters. The molecule has 0 fully saturated rings. The molecule has 0 aromatic heterocycles. The van der Waals surface area contributed by atoms with Crippen molar-refractivity contribution in [1.82, 2.24) is 0 Å². The van der Waals surface area contributed by atoms with Crippen LogP contribution in [0.15, 0.2) is 22.7 Å². The SMILES string of the molecule is COc1ccc(Br)cc1C(C)CCS. The Morgan fingerprint density at radius 1 is 1.50 bits per heavy atom. The highest BCUT2D eigenvalue weighted by molar-refractivity contribution is 9.10. The molecule has 0 spiro atoms. The summed E-state index contributed by atoms with van der Waals surface area (Å²) in [7, 11) is 1.71. The van der Waals surface area contributed by atoms with Gasteiger partial charge in [0.2, 0.25) is 0 Å².